The first-order valence-corrected chi connectivity index (χ1v) is 7.85. The minimum Gasteiger partial charge on any atom is -0.493 e. The van der Waals surface area contributed by atoms with Crippen LogP contribution < -0.4 is 15.2 Å². The number of ether oxygens (including phenoxy) is 2. The van der Waals surface area contributed by atoms with Crippen molar-refractivity contribution in [2.24, 2.45) is 0 Å². The van der Waals surface area contributed by atoms with Gasteiger partial charge in [-0.05, 0) is 36.8 Å². The first-order valence-electron chi connectivity index (χ1n) is 7.85. The van der Waals surface area contributed by atoms with Crippen molar-refractivity contribution in [2.75, 3.05) is 14.2 Å². The summed E-state index contributed by atoms with van der Waals surface area (Å²) in [5, 5.41) is 1.01. The molecule has 2 aromatic carbocycles. The highest BCUT2D eigenvalue weighted by Crippen LogP contribution is 2.34. The Kier molecular flexibility index (Phi) is 4.61. The van der Waals surface area contributed by atoms with Gasteiger partial charge in [0.05, 0.1) is 36.5 Å². The zero-order chi connectivity index (χ0) is 17.6. The van der Waals surface area contributed by atoms with Crippen LogP contribution in [0.3, 0.4) is 0 Å². The normalized spacial score (nSPS) is 10.7. The van der Waals surface area contributed by atoms with Gasteiger partial charge in [0.25, 0.3) is 0 Å². The summed E-state index contributed by atoms with van der Waals surface area (Å²) < 4.78 is 10.8. The number of hydrogen-bond donors (Lipinski definition) is 2. The van der Waals surface area contributed by atoms with E-state index in [4.69, 9.17) is 14.5 Å². The van der Waals surface area contributed by atoms with Crippen LogP contribution in [0.15, 0.2) is 41.2 Å². The molecule has 4 aromatic rings. The minimum absolute atomic E-state index is 0. The van der Waals surface area contributed by atoms with Gasteiger partial charge in [0, 0.05) is 17.0 Å². The van der Waals surface area contributed by atoms with Crippen molar-refractivity contribution >= 4 is 34.3 Å². The molecule has 2 N–H and O–H groups in total. The van der Waals surface area contributed by atoms with E-state index in [-0.39, 0.29) is 18.1 Å². The summed E-state index contributed by atoms with van der Waals surface area (Å²) in [4.78, 5) is 21.7. The molecule has 0 saturated heterocycles. The molecule has 2 heterocycles. The van der Waals surface area contributed by atoms with Crippen molar-refractivity contribution in [2.45, 2.75) is 6.92 Å². The predicted octanol–water partition coefficient (Wildman–Crippen LogP) is 3.82. The molecule has 0 atom stereocenters. The van der Waals surface area contributed by atoms with Crippen molar-refractivity contribution < 1.29 is 9.47 Å². The Hall–Kier alpha value is -2.99. The van der Waals surface area contributed by atoms with Gasteiger partial charge in [0.1, 0.15) is 0 Å². The number of halogens is 1. The second kappa shape index (κ2) is 6.72. The first kappa shape index (κ1) is 17.8. The smallest absolute Gasteiger partial charge is 0.323 e. The molecule has 0 aliphatic rings. The molecule has 0 radical (unpaired) electrons. The third-order valence-corrected chi connectivity index (χ3v) is 4.33. The number of aryl methyl sites for hydroxylation is 1. The van der Waals surface area contributed by atoms with Crippen molar-refractivity contribution in [1.82, 2.24) is 15.0 Å². The first-order chi connectivity index (χ1) is 12.1. The van der Waals surface area contributed by atoms with Gasteiger partial charge in [-0.1, -0.05) is 6.07 Å². The molecule has 6 nitrogen and oxygen atoms in total. The number of fused-ring (bicyclic) bond motifs is 2. The maximum Gasteiger partial charge on any atom is 0.323 e. The Bertz CT molecular complexity index is 1160. The molecule has 0 amide bonds. The zero-order valence-electron chi connectivity index (χ0n) is 14.5. The Morgan fingerprint density at radius 2 is 1.62 bits per heavy atom. The van der Waals surface area contributed by atoms with Crippen LogP contribution in [0.4, 0.5) is 0 Å². The van der Waals surface area contributed by atoms with E-state index in [2.05, 4.69) is 9.97 Å². The summed E-state index contributed by atoms with van der Waals surface area (Å²) in [5.41, 5.74) is 5.00. The van der Waals surface area contributed by atoms with Gasteiger partial charge in [0.15, 0.2) is 11.5 Å². The molecule has 0 spiro atoms. The van der Waals surface area contributed by atoms with Gasteiger partial charge in [0.2, 0.25) is 0 Å². The molecular formula is C19H18ClN3O3. The molecular weight excluding hydrogens is 354 g/mol. The Labute approximate surface area is 155 Å². The van der Waals surface area contributed by atoms with E-state index in [0.29, 0.717) is 11.5 Å². The van der Waals surface area contributed by atoms with Crippen molar-refractivity contribution in [3.05, 3.63) is 52.4 Å². The number of nitrogens with one attached hydrogen (secondary N) is 2. The van der Waals surface area contributed by atoms with E-state index in [1.807, 2.05) is 43.3 Å². The summed E-state index contributed by atoms with van der Waals surface area (Å²) in [6.45, 7) is 2.04. The fourth-order valence-electron chi connectivity index (χ4n) is 3.06. The second-order valence-electron chi connectivity index (χ2n) is 5.89. The Balaban J connectivity index is 0.00000196. The van der Waals surface area contributed by atoms with Crippen LogP contribution >= 0.6 is 12.4 Å². The molecule has 7 heteroatoms. The number of imidazole rings is 1. The standard InChI is InChI=1S/C19H17N3O3.ClH/c1-10-6-14(11-4-5-13-16(7-11)22-19(23)21-13)20-15-9-18(25-3)17(24-2)8-12(10)15;/h4-9H,1-3H3,(H2,21,22,23);1H. The highest BCUT2D eigenvalue weighted by atomic mass is 35.5. The summed E-state index contributed by atoms with van der Waals surface area (Å²) in [6.07, 6.45) is 0. The van der Waals surface area contributed by atoms with Crippen LogP contribution in [0.1, 0.15) is 5.56 Å². The number of aromatic amines is 2. The van der Waals surface area contributed by atoms with Gasteiger partial charge in [-0.25, -0.2) is 9.78 Å². The van der Waals surface area contributed by atoms with Gasteiger partial charge in [-0.15, -0.1) is 12.4 Å². The van der Waals surface area contributed by atoms with Gasteiger partial charge in [-0.2, -0.15) is 0 Å². The predicted molar refractivity (Wildman–Crippen MR) is 105 cm³/mol. The highest BCUT2D eigenvalue weighted by Gasteiger charge is 2.11. The van der Waals surface area contributed by atoms with Crippen LogP contribution in [0, 0.1) is 6.92 Å². The number of nitrogens with zero attached hydrogens (tertiary/aromatic N) is 1. The Morgan fingerprint density at radius 3 is 2.35 bits per heavy atom. The van der Waals surface area contributed by atoms with E-state index in [1.54, 1.807) is 14.2 Å². The highest BCUT2D eigenvalue weighted by molar-refractivity contribution is 5.89. The van der Waals surface area contributed by atoms with Crippen molar-refractivity contribution in [3.63, 3.8) is 0 Å². The molecule has 26 heavy (non-hydrogen) atoms. The van der Waals surface area contributed by atoms with Gasteiger partial charge >= 0.3 is 5.69 Å². The van der Waals surface area contributed by atoms with Crippen LogP contribution in [-0.4, -0.2) is 29.2 Å². The molecule has 0 saturated carbocycles. The molecule has 0 aliphatic carbocycles. The molecule has 0 bridgehead atoms. The fourth-order valence-corrected chi connectivity index (χ4v) is 3.06. The van der Waals surface area contributed by atoms with Crippen LogP contribution in [-0.2, 0) is 0 Å². The number of pyridine rings is 1. The van der Waals surface area contributed by atoms with E-state index in [9.17, 15) is 4.79 Å². The van der Waals surface area contributed by atoms with Gasteiger partial charge < -0.3 is 19.4 Å². The number of methoxy groups -OCH3 is 2. The minimum atomic E-state index is -0.216. The molecule has 2 aromatic heterocycles. The lowest BCUT2D eigenvalue weighted by molar-refractivity contribution is 0.356. The maximum absolute atomic E-state index is 11.4. The lowest BCUT2D eigenvalue weighted by Gasteiger charge is -2.12. The summed E-state index contributed by atoms with van der Waals surface area (Å²) >= 11 is 0. The third-order valence-electron chi connectivity index (χ3n) is 4.33. The molecule has 0 aliphatic heterocycles. The van der Waals surface area contributed by atoms with E-state index >= 15 is 0 Å². The maximum atomic E-state index is 11.4. The fraction of sp³-hybridized carbons (Fsp3) is 0.158. The van der Waals surface area contributed by atoms with Gasteiger partial charge in [-0.3, -0.25) is 0 Å². The monoisotopic (exact) mass is 371 g/mol. The molecule has 4 rings (SSSR count). The van der Waals surface area contributed by atoms with Crippen molar-refractivity contribution in [1.29, 1.82) is 0 Å². The molecule has 0 fully saturated rings. The lowest BCUT2D eigenvalue weighted by atomic mass is 10.0. The number of H-pyrrole nitrogens is 2. The second-order valence-corrected chi connectivity index (χ2v) is 5.89. The van der Waals surface area contributed by atoms with Crippen LogP contribution in [0.5, 0.6) is 11.5 Å². The van der Waals surface area contributed by atoms with E-state index in [1.165, 1.54) is 0 Å². The lowest BCUT2D eigenvalue weighted by Crippen LogP contribution is -1.99. The van der Waals surface area contributed by atoms with Crippen molar-refractivity contribution in [3.8, 4) is 22.8 Å². The average molecular weight is 372 g/mol. The van der Waals surface area contributed by atoms with E-state index in [0.717, 1.165) is 38.8 Å². The average Bonchev–Trinajstić information content (AvgIpc) is 2.99. The summed E-state index contributed by atoms with van der Waals surface area (Å²) in [6, 6.07) is 11.6. The number of hydrogen-bond acceptors (Lipinski definition) is 4. The quantitative estimate of drug-likeness (QED) is 0.573. The Morgan fingerprint density at radius 1 is 0.923 bits per heavy atom. The third kappa shape index (κ3) is 2.88. The summed E-state index contributed by atoms with van der Waals surface area (Å²) in [7, 11) is 3.23. The summed E-state index contributed by atoms with van der Waals surface area (Å²) in [5.74, 6) is 1.32. The topological polar surface area (TPSA) is 80.0 Å². The SMILES string of the molecule is COc1cc2nc(-c3ccc4[nH]c(=O)[nH]c4c3)cc(C)c2cc1OC.Cl. The zero-order valence-corrected chi connectivity index (χ0v) is 15.4. The number of rotatable bonds is 3. The largest absolute Gasteiger partial charge is 0.493 e. The number of aromatic nitrogens is 3. The van der Waals surface area contributed by atoms with E-state index < -0.39 is 0 Å². The van der Waals surface area contributed by atoms with Crippen LogP contribution in [0.25, 0.3) is 33.2 Å². The van der Waals surface area contributed by atoms with Crippen LogP contribution in [0.2, 0.25) is 0 Å². The molecule has 0 unspecified atom stereocenters. The number of benzene rings is 2. The molecule has 134 valence electrons.